The molecule has 0 radical (unpaired) electrons. The number of hydrogen-bond donors (Lipinski definition) is 2. The maximum Gasteiger partial charge on any atom is 0.115 e. The van der Waals surface area contributed by atoms with E-state index in [9.17, 15) is 0 Å². The fourth-order valence-corrected chi connectivity index (χ4v) is 25.3. The molecule has 0 saturated carbocycles. The van der Waals surface area contributed by atoms with Crippen LogP contribution >= 0.6 is 0 Å². The van der Waals surface area contributed by atoms with Gasteiger partial charge in [-0.25, -0.2) is 0 Å². The summed E-state index contributed by atoms with van der Waals surface area (Å²) in [5.74, 6) is 1.15. The van der Waals surface area contributed by atoms with Gasteiger partial charge in [0, 0.05) is 12.1 Å². The Morgan fingerprint density at radius 3 is 0.838 bits per heavy atom. The van der Waals surface area contributed by atoms with Crippen LogP contribution in [0.5, 0.6) is 0 Å². The van der Waals surface area contributed by atoms with Crippen molar-refractivity contribution < 1.29 is 90.0 Å². The second kappa shape index (κ2) is 81.4. The van der Waals surface area contributed by atoms with Gasteiger partial charge in [-0.3, -0.25) is 0 Å². The van der Waals surface area contributed by atoms with Gasteiger partial charge in [0.1, 0.15) is 67.1 Å². The van der Waals surface area contributed by atoms with E-state index in [4.69, 9.17) is 90.0 Å². The van der Waals surface area contributed by atoms with E-state index in [1.165, 1.54) is 96.1 Å². The molecule has 0 spiro atoms. The van der Waals surface area contributed by atoms with Gasteiger partial charge >= 0.3 is 0 Å². The van der Waals surface area contributed by atoms with Crippen LogP contribution < -0.4 is 10.6 Å². The third-order valence-electron chi connectivity index (χ3n) is 23.0. The van der Waals surface area contributed by atoms with Crippen LogP contribution in [0.1, 0.15) is 449 Å². The van der Waals surface area contributed by atoms with E-state index in [1.54, 1.807) is 0 Å². The van der Waals surface area contributed by atoms with Gasteiger partial charge in [0.05, 0.1) is 182 Å². The Morgan fingerprint density at radius 2 is 0.566 bits per heavy atom. The molecule has 2 heterocycles. The molecule has 0 aromatic heterocycles. The first-order valence-corrected chi connectivity index (χ1v) is 58.1. The van der Waals surface area contributed by atoms with E-state index in [1.807, 2.05) is 138 Å². The predicted molar refractivity (Wildman–Crippen MR) is 580 cm³/mol. The zero-order valence-electron chi connectivity index (χ0n) is 99.4. The van der Waals surface area contributed by atoms with Crippen molar-refractivity contribution in [2.45, 2.75) is 678 Å². The Balaban J connectivity index is -0.000000780. The van der Waals surface area contributed by atoms with Gasteiger partial charge in [-0.05, 0) is 285 Å². The minimum absolute atomic E-state index is 0.00667. The second-order valence-corrected chi connectivity index (χ2v) is 53.0. The highest BCUT2D eigenvalue weighted by atomic mass is 28.3. The van der Waals surface area contributed by atoms with Crippen LogP contribution in [0.4, 0.5) is 0 Å². The van der Waals surface area contributed by atoms with Crippen molar-refractivity contribution in [2.24, 2.45) is 11.8 Å². The van der Waals surface area contributed by atoms with Crippen LogP contribution in [0.2, 0.25) is 22.2 Å². The molecule has 0 bridgehead atoms. The second-order valence-electron chi connectivity index (χ2n) is 46.6. The molecular formula is C114H240N2O19Si. The van der Waals surface area contributed by atoms with Crippen LogP contribution in [0, 0.1) is 11.8 Å². The molecule has 22 heteroatoms. The van der Waals surface area contributed by atoms with E-state index in [2.05, 4.69) is 218 Å². The zero-order valence-corrected chi connectivity index (χ0v) is 100. The maximum atomic E-state index is 6.50. The fourth-order valence-electron chi connectivity index (χ4n) is 17.8. The maximum absolute atomic E-state index is 6.50. The highest BCUT2D eigenvalue weighted by Gasteiger charge is 2.51. The van der Waals surface area contributed by atoms with Crippen molar-refractivity contribution in [1.82, 2.24) is 10.6 Å². The standard InChI is InChI=1S/C30H63NO3.C18H36O5.C18H36O4.C16H37NSi.C16H34O4.C16H34O3/c1-10-11-12-13-14-15-16-17-18-19-20-21-22-29(33-26(6)7)30(34-27(8)9)28(31-24(2)3)23-32-25(4)5;1-11(2)19-9-15-17(21-13(5)6)18(22-14(7)8)16(23-15)10-20-12(3)4;1-11(2)9-15-17(20-13(5)6)18(21-14(7)8)16(22-15)10-19-12(3)4;1-13(2)17-11-10-12-18(14(3)4,15(5)6)16(7,8)9;1-11(2)17-9-15(19-13(5)6)16(20-14(7)8)10-18-12(3)4;1-11(2)9-15(18-13(5)6)16(19-14(7)8)10-17-12(3)4/h24-31H,10-23H2,1-9H3;11-18H,9-10H2,1-8H3;11-18H,9-10H2,1-8H3;13-15,17H,10-12H2,1-9H3;11-16H,9-10H2,1-8H3;11-16H,9-10H2,1-8H3. The molecule has 0 aliphatic carbocycles. The van der Waals surface area contributed by atoms with Gasteiger partial charge in [-0.1, -0.05) is 205 Å². The van der Waals surface area contributed by atoms with E-state index in [-0.39, 0.29) is 195 Å². The minimum atomic E-state index is -1.26. The Labute approximate surface area is 847 Å². The van der Waals surface area contributed by atoms with Crippen LogP contribution in [0.25, 0.3) is 0 Å². The summed E-state index contributed by atoms with van der Waals surface area (Å²) in [5, 5.41) is 7.79. The van der Waals surface area contributed by atoms with Crippen molar-refractivity contribution >= 4 is 8.07 Å². The Morgan fingerprint density at radius 1 is 0.279 bits per heavy atom. The molecule has 2 rings (SSSR count). The van der Waals surface area contributed by atoms with Crippen molar-refractivity contribution in [3.8, 4) is 0 Å². The number of hydrogen-bond acceptors (Lipinski definition) is 21. The van der Waals surface area contributed by atoms with E-state index in [0.29, 0.717) is 75.2 Å². The average Bonchev–Trinajstić information content (AvgIpc) is 1.08. The number of ether oxygens (including phenoxy) is 19. The largest absolute Gasteiger partial charge is 0.377 e. The lowest BCUT2D eigenvalue weighted by Crippen LogP contribution is -2.54. The van der Waals surface area contributed by atoms with Gasteiger partial charge in [-0.2, -0.15) is 0 Å². The summed E-state index contributed by atoms with van der Waals surface area (Å²) in [5.41, 5.74) is 1.74. The third-order valence-corrected chi connectivity index (χ3v) is 31.1. The number of nitrogens with one attached hydrogen (secondary N) is 2. The van der Waals surface area contributed by atoms with Crippen molar-refractivity contribution in [3.05, 3.63) is 0 Å². The molecule has 824 valence electrons. The van der Waals surface area contributed by atoms with E-state index < -0.39 is 8.07 Å². The zero-order chi connectivity index (χ0) is 105. The first-order valence-electron chi connectivity index (χ1n) is 55.7. The van der Waals surface area contributed by atoms with Gasteiger partial charge in [-0.15, -0.1) is 0 Å². The lowest BCUT2D eigenvalue weighted by molar-refractivity contribution is -0.161. The first-order chi connectivity index (χ1) is 63.1. The lowest BCUT2D eigenvalue weighted by atomic mass is 9.98. The Hall–Kier alpha value is -0.623. The Bertz CT molecular complexity index is 2530. The molecule has 2 aliphatic heterocycles. The van der Waals surface area contributed by atoms with Crippen molar-refractivity contribution in [1.29, 1.82) is 0 Å². The summed E-state index contributed by atoms with van der Waals surface area (Å²) in [7, 11) is -1.26. The normalized spacial score (nSPS) is 19.7. The number of rotatable bonds is 71. The monoisotopic (exact) mass is 1970 g/mol. The van der Waals surface area contributed by atoms with Gasteiger partial charge in [0.2, 0.25) is 0 Å². The molecule has 0 amide bonds. The summed E-state index contributed by atoms with van der Waals surface area (Å²) in [6.07, 6.45) is 23.0. The fraction of sp³-hybridized carbons (Fsp3) is 1.00. The smallest absolute Gasteiger partial charge is 0.115 e. The minimum Gasteiger partial charge on any atom is -0.377 e. The summed E-state index contributed by atoms with van der Waals surface area (Å²) >= 11 is 0. The molecule has 15 unspecified atom stereocenters. The van der Waals surface area contributed by atoms with Crippen molar-refractivity contribution in [2.75, 3.05) is 52.8 Å². The third kappa shape index (κ3) is 74.3. The molecule has 136 heavy (non-hydrogen) atoms. The van der Waals surface area contributed by atoms with Crippen molar-refractivity contribution in [3.63, 3.8) is 0 Å². The predicted octanol–water partition coefficient (Wildman–Crippen LogP) is 28.4. The van der Waals surface area contributed by atoms with Gasteiger partial charge in [0.25, 0.3) is 0 Å². The van der Waals surface area contributed by atoms with E-state index in [0.717, 1.165) is 30.3 Å². The van der Waals surface area contributed by atoms with Gasteiger partial charge in [0.15, 0.2) is 0 Å². The molecule has 0 aromatic carbocycles. The van der Waals surface area contributed by atoms with Crippen LogP contribution in [0.15, 0.2) is 0 Å². The lowest BCUT2D eigenvalue weighted by Gasteiger charge is -2.50. The van der Waals surface area contributed by atoms with Crippen LogP contribution in [-0.2, 0) is 90.0 Å². The molecule has 21 nitrogen and oxygen atoms in total. The van der Waals surface area contributed by atoms with Crippen LogP contribution in [-0.4, -0.2) is 268 Å². The molecule has 2 N–H and O–H groups in total. The number of unbranched alkanes of at least 4 members (excludes halogenated alkanes) is 11. The molecule has 2 aliphatic rings. The Kier molecular flexibility index (Phi) is 84.8. The molecular weight excluding hydrogens is 1730 g/mol. The highest BCUT2D eigenvalue weighted by molar-refractivity contribution is 6.84. The molecule has 2 fully saturated rings. The summed E-state index contributed by atoms with van der Waals surface area (Å²) in [6, 6.07) is 2.57. The molecule has 2 saturated heterocycles. The summed E-state index contributed by atoms with van der Waals surface area (Å²) < 4.78 is 115. The SMILES string of the molecule is CC(C)CC(OC(C)C)C(COC(C)C)OC(C)C.CC(C)CC1OC(COC(C)C)C(OC(C)C)C1OC(C)C.CC(C)NCCC[Si](C(C)C)(C(C)C)C(C)(C)C.CC(C)OCC(OC(C)C)C(COC(C)C)OC(C)C.CC(C)OCC1OC(COC(C)C)C(OC(C)C)C1OC(C)C.CCCCCCCCCCCCCCC(OC(C)C)C(OC(C)C)C(COC(C)C)NC(C)C. The summed E-state index contributed by atoms with van der Waals surface area (Å²) in [6.45, 7) is 112. The topological polar surface area (TPSA) is 199 Å². The quantitative estimate of drug-likeness (QED) is 0.0430. The highest BCUT2D eigenvalue weighted by Crippen LogP contribution is 2.53. The first kappa shape index (κ1) is 142. The molecule has 15 atom stereocenters. The van der Waals surface area contributed by atoms with Crippen LogP contribution in [0.3, 0.4) is 0 Å². The average molecular weight is 1970 g/mol. The summed E-state index contributed by atoms with van der Waals surface area (Å²) in [4.78, 5) is 0. The van der Waals surface area contributed by atoms with E-state index >= 15 is 0 Å². The van der Waals surface area contributed by atoms with Gasteiger partial charge < -0.3 is 101 Å². The molecule has 0 aromatic rings.